The van der Waals surface area contributed by atoms with Gasteiger partial charge in [0.25, 0.3) is 0 Å². The van der Waals surface area contributed by atoms with Gasteiger partial charge in [-0.3, -0.25) is 4.79 Å². The Hall–Kier alpha value is -1.16. The van der Waals surface area contributed by atoms with Crippen LogP contribution in [-0.4, -0.2) is 21.8 Å². The Morgan fingerprint density at radius 3 is 2.53 bits per heavy atom. The number of alkyl halides is 1. The highest BCUT2D eigenvalue weighted by molar-refractivity contribution is 6.29. The zero-order chi connectivity index (χ0) is 12.1. The molecule has 17 heavy (non-hydrogen) atoms. The molecular formula is C12H16ClN3O. The summed E-state index contributed by atoms with van der Waals surface area (Å²) in [5.74, 6) is 1.10. The minimum atomic E-state index is -0.235. The number of aromatic nitrogens is 2. The molecule has 0 aromatic carbocycles. The number of hydrogen-bond donors (Lipinski definition) is 1. The van der Waals surface area contributed by atoms with Gasteiger partial charge in [0.2, 0.25) is 5.91 Å². The molecule has 1 aliphatic rings. The van der Waals surface area contributed by atoms with Crippen molar-refractivity contribution in [3.8, 4) is 0 Å². The molecule has 0 radical (unpaired) electrons. The zero-order valence-corrected chi connectivity index (χ0v) is 10.4. The molecule has 1 aromatic heterocycles. The third-order valence-electron chi connectivity index (χ3n) is 3.05. The quantitative estimate of drug-likeness (QED) is 0.843. The third kappa shape index (κ3) is 3.40. The van der Waals surface area contributed by atoms with Crippen molar-refractivity contribution in [1.29, 1.82) is 0 Å². The summed E-state index contributed by atoms with van der Waals surface area (Å²) in [6.07, 6.45) is 9.50. The van der Waals surface area contributed by atoms with Gasteiger partial charge in [0.15, 0.2) is 0 Å². The fourth-order valence-electron chi connectivity index (χ4n) is 2.17. The summed E-state index contributed by atoms with van der Waals surface area (Å²) >= 11 is 5.40. The van der Waals surface area contributed by atoms with Crippen LogP contribution in [0.15, 0.2) is 12.4 Å². The van der Waals surface area contributed by atoms with Crippen molar-refractivity contribution in [2.24, 2.45) is 0 Å². The molecule has 1 fully saturated rings. The molecule has 1 heterocycles. The van der Waals surface area contributed by atoms with E-state index in [1.165, 1.54) is 32.1 Å². The average Bonchev–Trinajstić information content (AvgIpc) is 2.40. The van der Waals surface area contributed by atoms with E-state index >= 15 is 0 Å². The minimum absolute atomic E-state index is 0.0512. The van der Waals surface area contributed by atoms with Gasteiger partial charge >= 0.3 is 0 Å². The van der Waals surface area contributed by atoms with Gasteiger partial charge in [0.05, 0.1) is 18.1 Å². The van der Waals surface area contributed by atoms with Crippen molar-refractivity contribution < 1.29 is 4.79 Å². The van der Waals surface area contributed by atoms with E-state index in [0.29, 0.717) is 11.6 Å². The lowest BCUT2D eigenvalue weighted by molar-refractivity contribution is -0.113. The number of carbonyl (C=O) groups is 1. The van der Waals surface area contributed by atoms with Crippen LogP contribution in [0.4, 0.5) is 5.69 Å². The van der Waals surface area contributed by atoms with E-state index in [1.54, 1.807) is 12.4 Å². The van der Waals surface area contributed by atoms with Crippen LogP contribution in [0.1, 0.15) is 43.8 Å². The van der Waals surface area contributed by atoms with Gasteiger partial charge < -0.3 is 5.32 Å². The van der Waals surface area contributed by atoms with Crippen LogP contribution < -0.4 is 5.32 Å². The average molecular weight is 254 g/mol. The summed E-state index contributed by atoms with van der Waals surface area (Å²) in [6, 6.07) is 0. The Morgan fingerprint density at radius 1 is 1.29 bits per heavy atom. The molecule has 0 aliphatic heterocycles. The Bertz CT molecular complexity index is 374. The number of nitrogens with zero attached hydrogens (tertiary/aromatic N) is 2. The first kappa shape index (κ1) is 12.3. The Kier molecular flexibility index (Phi) is 4.31. The molecule has 0 atom stereocenters. The van der Waals surface area contributed by atoms with E-state index in [9.17, 15) is 4.79 Å². The molecular weight excluding hydrogens is 238 g/mol. The standard InChI is InChI=1S/C12H16ClN3O/c13-6-11(17)16-10-7-14-12(15-8-10)9-4-2-1-3-5-9/h7-9H,1-6H2,(H,16,17). The van der Waals surface area contributed by atoms with Crippen molar-refractivity contribution >= 4 is 23.2 Å². The minimum Gasteiger partial charge on any atom is -0.322 e. The van der Waals surface area contributed by atoms with Crippen LogP contribution in [0, 0.1) is 0 Å². The van der Waals surface area contributed by atoms with Gasteiger partial charge in [-0.2, -0.15) is 0 Å². The monoisotopic (exact) mass is 253 g/mol. The highest BCUT2D eigenvalue weighted by Gasteiger charge is 2.17. The Labute approximate surface area is 106 Å². The van der Waals surface area contributed by atoms with Crippen molar-refractivity contribution in [1.82, 2.24) is 9.97 Å². The van der Waals surface area contributed by atoms with Gasteiger partial charge in [-0.15, -0.1) is 11.6 Å². The lowest BCUT2D eigenvalue weighted by Gasteiger charge is -2.19. The largest absolute Gasteiger partial charge is 0.322 e. The molecule has 0 saturated heterocycles. The fraction of sp³-hybridized carbons (Fsp3) is 0.583. The smallest absolute Gasteiger partial charge is 0.239 e. The Balaban J connectivity index is 1.99. The van der Waals surface area contributed by atoms with Crippen LogP contribution in [0.2, 0.25) is 0 Å². The van der Waals surface area contributed by atoms with E-state index < -0.39 is 0 Å². The van der Waals surface area contributed by atoms with E-state index in [-0.39, 0.29) is 11.8 Å². The van der Waals surface area contributed by atoms with E-state index in [4.69, 9.17) is 11.6 Å². The molecule has 1 amide bonds. The predicted octanol–water partition coefficient (Wildman–Crippen LogP) is 2.70. The van der Waals surface area contributed by atoms with Crippen molar-refractivity contribution in [2.45, 2.75) is 38.0 Å². The second-order valence-corrected chi connectivity index (χ2v) is 4.61. The number of anilines is 1. The van der Waals surface area contributed by atoms with Gasteiger partial charge in [-0.05, 0) is 12.8 Å². The first-order valence-electron chi connectivity index (χ1n) is 5.97. The molecule has 0 bridgehead atoms. The van der Waals surface area contributed by atoms with Crippen LogP contribution in [0.5, 0.6) is 0 Å². The van der Waals surface area contributed by atoms with Gasteiger partial charge in [-0.25, -0.2) is 9.97 Å². The van der Waals surface area contributed by atoms with Gasteiger partial charge in [0.1, 0.15) is 11.7 Å². The number of hydrogen-bond acceptors (Lipinski definition) is 3. The molecule has 1 aromatic rings. The molecule has 92 valence electrons. The summed E-state index contributed by atoms with van der Waals surface area (Å²) < 4.78 is 0. The number of carbonyl (C=O) groups excluding carboxylic acids is 1. The molecule has 5 heteroatoms. The zero-order valence-electron chi connectivity index (χ0n) is 9.66. The van der Waals surface area contributed by atoms with Crippen LogP contribution in [0.25, 0.3) is 0 Å². The van der Waals surface area contributed by atoms with E-state index in [0.717, 1.165) is 5.82 Å². The topological polar surface area (TPSA) is 54.9 Å². The maximum absolute atomic E-state index is 11.1. The SMILES string of the molecule is O=C(CCl)Nc1cnc(C2CCCCC2)nc1. The predicted molar refractivity (Wildman–Crippen MR) is 67.2 cm³/mol. The highest BCUT2D eigenvalue weighted by Crippen LogP contribution is 2.30. The summed E-state index contributed by atoms with van der Waals surface area (Å²) in [7, 11) is 0. The molecule has 2 rings (SSSR count). The number of rotatable bonds is 3. The molecule has 1 saturated carbocycles. The van der Waals surface area contributed by atoms with Crippen molar-refractivity contribution in [3.05, 3.63) is 18.2 Å². The summed E-state index contributed by atoms with van der Waals surface area (Å²) in [5, 5.41) is 2.63. The van der Waals surface area contributed by atoms with Gasteiger partial charge in [0, 0.05) is 5.92 Å². The first-order chi connectivity index (χ1) is 8.29. The second-order valence-electron chi connectivity index (χ2n) is 4.35. The molecule has 4 nitrogen and oxygen atoms in total. The third-order valence-corrected chi connectivity index (χ3v) is 3.29. The van der Waals surface area contributed by atoms with Crippen molar-refractivity contribution in [2.75, 3.05) is 11.2 Å². The van der Waals surface area contributed by atoms with Crippen LogP contribution >= 0.6 is 11.6 Å². The maximum atomic E-state index is 11.1. The van der Waals surface area contributed by atoms with Crippen LogP contribution in [0.3, 0.4) is 0 Å². The lowest BCUT2D eigenvalue weighted by Crippen LogP contribution is -2.14. The molecule has 0 spiro atoms. The molecule has 0 unspecified atom stereocenters. The lowest BCUT2D eigenvalue weighted by atomic mass is 9.89. The number of halogens is 1. The summed E-state index contributed by atoms with van der Waals surface area (Å²) in [5.41, 5.74) is 0.607. The second kappa shape index (κ2) is 5.96. The summed E-state index contributed by atoms with van der Waals surface area (Å²) in [6.45, 7) is 0. The highest BCUT2D eigenvalue weighted by atomic mass is 35.5. The first-order valence-corrected chi connectivity index (χ1v) is 6.51. The Morgan fingerprint density at radius 2 is 1.94 bits per heavy atom. The molecule has 1 aliphatic carbocycles. The summed E-state index contributed by atoms with van der Waals surface area (Å²) in [4.78, 5) is 19.7. The van der Waals surface area contributed by atoms with Crippen molar-refractivity contribution in [3.63, 3.8) is 0 Å². The molecule has 1 N–H and O–H groups in total. The van der Waals surface area contributed by atoms with E-state index in [1.807, 2.05) is 0 Å². The van der Waals surface area contributed by atoms with Gasteiger partial charge in [-0.1, -0.05) is 19.3 Å². The number of nitrogens with one attached hydrogen (secondary N) is 1. The number of amides is 1. The normalized spacial score (nSPS) is 16.8. The van der Waals surface area contributed by atoms with Crippen LogP contribution in [-0.2, 0) is 4.79 Å². The fourth-order valence-corrected chi connectivity index (χ4v) is 2.24. The van der Waals surface area contributed by atoms with E-state index in [2.05, 4.69) is 15.3 Å². The maximum Gasteiger partial charge on any atom is 0.239 e.